The third-order valence-electron chi connectivity index (χ3n) is 5.40. The van der Waals surface area contributed by atoms with Gasteiger partial charge in [-0.1, -0.05) is 12.1 Å². The SMILES string of the molecule is CSc1ccccc1C(=O)N1CCC[C@@]2(CCC(=O)N(CCO)C2)C1. The van der Waals surface area contributed by atoms with Crippen molar-refractivity contribution in [3.63, 3.8) is 0 Å². The Labute approximate surface area is 153 Å². The largest absolute Gasteiger partial charge is 0.395 e. The lowest BCUT2D eigenvalue weighted by Crippen LogP contribution is -2.55. The number of carbonyl (C=O) groups excluding carboxylic acids is 2. The van der Waals surface area contributed by atoms with Crippen LogP contribution in [-0.4, -0.2) is 65.8 Å². The van der Waals surface area contributed by atoms with Crippen molar-refractivity contribution < 1.29 is 14.7 Å². The van der Waals surface area contributed by atoms with Crippen LogP contribution in [0.5, 0.6) is 0 Å². The number of benzene rings is 1. The highest BCUT2D eigenvalue weighted by Gasteiger charge is 2.42. The topological polar surface area (TPSA) is 60.9 Å². The highest BCUT2D eigenvalue weighted by Crippen LogP contribution is 2.39. The first-order valence-electron chi connectivity index (χ1n) is 8.89. The van der Waals surface area contributed by atoms with Gasteiger partial charge in [0.25, 0.3) is 5.91 Å². The molecule has 2 aliphatic rings. The summed E-state index contributed by atoms with van der Waals surface area (Å²) in [5.41, 5.74) is 0.747. The smallest absolute Gasteiger partial charge is 0.255 e. The van der Waals surface area contributed by atoms with E-state index >= 15 is 0 Å². The summed E-state index contributed by atoms with van der Waals surface area (Å²) in [6, 6.07) is 7.76. The molecule has 0 bridgehead atoms. The molecular formula is C19H26N2O3S. The Kier molecular flexibility index (Phi) is 5.69. The molecule has 0 saturated carbocycles. The first-order chi connectivity index (χ1) is 12.1. The maximum absolute atomic E-state index is 13.1. The zero-order valence-electron chi connectivity index (χ0n) is 14.7. The molecule has 6 heteroatoms. The lowest BCUT2D eigenvalue weighted by molar-refractivity contribution is -0.139. The molecule has 0 aromatic heterocycles. The van der Waals surface area contributed by atoms with E-state index in [1.807, 2.05) is 35.4 Å². The molecule has 2 aliphatic heterocycles. The molecule has 25 heavy (non-hydrogen) atoms. The molecule has 136 valence electrons. The zero-order chi connectivity index (χ0) is 17.9. The number of hydrogen-bond acceptors (Lipinski definition) is 4. The summed E-state index contributed by atoms with van der Waals surface area (Å²) in [6.07, 6.45) is 5.35. The Morgan fingerprint density at radius 3 is 2.84 bits per heavy atom. The number of aliphatic hydroxyl groups excluding tert-OH is 1. The van der Waals surface area contributed by atoms with Gasteiger partial charge in [-0.2, -0.15) is 0 Å². The molecule has 2 heterocycles. The van der Waals surface area contributed by atoms with Gasteiger partial charge < -0.3 is 14.9 Å². The molecule has 0 radical (unpaired) electrons. The standard InChI is InChI=1S/C19H26N2O3S/c1-25-16-6-3-2-5-15(16)18(24)21-10-4-8-19(14-21)9-7-17(23)20(13-19)11-12-22/h2-3,5-6,22H,4,7-14H2,1H3/t19-/m0/s1. The van der Waals surface area contributed by atoms with Crippen molar-refractivity contribution in [2.24, 2.45) is 5.41 Å². The summed E-state index contributed by atoms with van der Waals surface area (Å²) in [4.78, 5) is 29.9. The molecule has 5 nitrogen and oxygen atoms in total. The number of hydrogen-bond donors (Lipinski definition) is 1. The first-order valence-corrected chi connectivity index (χ1v) is 10.1. The summed E-state index contributed by atoms with van der Waals surface area (Å²) in [7, 11) is 0. The van der Waals surface area contributed by atoms with Gasteiger partial charge in [0.15, 0.2) is 0 Å². The molecule has 1 atom stereocenters. The predicted octanol–water partition coefficient (Wildman–Crippen LogP) is 2.25. The van der Waals surface area contributed by atoms with Gasteiger partial charge >= 0.3 is 0 Å². The van der Waals surface area contributed by atoms with Crippen LogP contribution in [0.4, 0.5) is 0 Å². The van der Waals surface area contributed by atoms with Crippen LogP contribution in [0.2, 0.25) is 0 Å². The minimum atomic E-state index is -0.0225. The third kappa shape index (κ3) is 3.85. The fourth-order valence-corrected chi connectivity index (χ4v) is 4.72. The Bertz CT molecular complexity index is 651. The number of piperidine rings is 2. The predicted molar refractivity (Wildman–Crippen MR) is 98.7 cm³/mol. The van der Waals surface area contributed by atoms with Gasteiger partial charge in [-0.15, -0.1) is 11.8 Å². The summed E-state index contributed by atoms with van der Waals surface area (Å²) in [5, 5.41) is 9.21. The van der Waals surface area contributed by atoms with Crippen LogP contribution >= 0.6 is 11.8 Å². The van der Waals surface area contributed by atoms with Crippen molar-refractivity contribution in [1.82, 2.24) is 9.80 Å². The van der Waals surface area contributed by atoms with E-state index in [9.17, 15) is 14.7 Å². The van der Waals surface area contributed by atoms with E-state index in [0.29, 0.717) is 26.1 Å². The van der Waals surface area contributed by atoms with Crippen LogP contribution in [-0.2, 0) is 4.79 Å². The molecule has 1 aromatic carbocycles. The van der Waals surface area contributed by atoms with Crippen molar-refractivity contribution in [3.8, 4) is 0 Å². The number of aliphatic hydroxyl groups is 1. The quantitative estimate of drug-likeness (QED) is 0.835. The van der Waals surface area contributed by atoms with Crippen LogP contribution in [0.25, 0.3) is 0 Å². The Balaban J connectivity index is 1.76. The minimum Gasteiger partial charge on any atom is -0.395 e. The molecule has 2 saturated heterocycles. The number of rotatable bonds is 4. The summed E-state index contributed by atoms with van der Waals surface area (Å²) in [6.45, 7) is 2.51. The normalized spacial score (nSPS) is 24.0. The van der Waals surface area contributed by atoms with Gasteiger partial charge in [0.05, 0.1) is 12.2 Å². The molecule has 2 amide bonds. The second kappa shape index (κ2) is 7.79. The van der Waals surface area contributed by atoms with E-state index in [1.165, 1.54) is 0 Å². The summed E-state index contributed by atoms with van der Waals surface area (Å²) >= 11 is 1.59. The molecule has 1 aromatic rings. The maximum Gasteiger partial charge on any atom is 0.255 e. The number of amides is 2. The van der Waals surface area contributed by atoms with E-state index in [2.05, 4.69) is 0 Å². The van der Waals surface area contributed by atoms with Gasteiger partial charge in [0.2, 0.25) is 5.91 Å². The van der Waals surface area contributed by atoms with Crippen molar-refractivity contribution in [1.29, 1.82) is 0 Å². The minimum absolute atomic E-state index is 0.00837. The summed E-state index contributed by atoms with van der Waals surface area (Å²) in [5.74, 6) is 0.213. The number of likely N-dealkylation sites (tertiary alicyclic amines) is 2. The molecule has 2 fully saturated rings. The van der Waals surface area contributed by atoms with Gasteiger partial charge in [-0.05, 0) is 37.7 Å². The maximum atomic E-state index is 13.1. The second-order valence-corrected chi connectivity index (χ2v) is 7.92. The van der Waals surface area contributed by atoms with E-state index < -0.39 is 0 Å². The molecular weight excluding hydrogens is 336 g/mol. The monoisotopic (exact) mass is 362 g/mol. The van der Waals surface area contributed by atoms with E-state index in [0.717, 1.165) is 36.3 Å². The molecule has 3 rings (SSSR count). The van der Waals surface area contributed by atoms with E-state index in [1.54, 1.807) is 16.7 Å². The molecule has 1 spiro atoms. The van der Waals surface area contributed by atoms with E-state index in [4.69, 9.17) is 0 Å². The van der Waals surface area contributed by atoms with Crippen LogP contribution in [0, 0.1) is 5.41 Å². The average molecular weight is 362 g/mol. The van der Waals surface area contributed by atoms with Crippen molar-refractivity contribution >= 4 is 23.6 Å². The Morgan fingerprint density at radius 2 is 2.08 bits per heavy atom. The third-order valence-corrected chi connectivity index (χ3v) is 6.20. The fraction of sp³-hybridized carbons (Fsp3) is 0.579. The van der Waals surface area contributed by atoms with Gasteiger partial charge in [0, 0.05) is 42.9 Å². The van der Waals surface area contributed by atoms with Crippen LogP contribution in [0.15, 0.2) is 29.2 Å². The van der Waals surface area contributed by atoms with Gasteiger partial charge in [-0.3, -0.25) is 9.59 Å². The average Bonchev–Trinajstić information content (AvgIpc) is 2.64. The second-order valence-electron chi connectivity index (χ2n) is 7.07. The van der Waals surface area contributed by atoms with Crippen LogP contribution in [0.3, 0.4) is 0 Å². The lowest BCUT2D eigenvalue weighted by atomic mass is 9.73. The fourth-order valence-electron chi connectivity index (χ4n) is 4.13. The van der Waals surface area contributed by atoms with E-state index in [-0.39, 0.29) is 23.8 Å². The van der Waals surface area contributed by atoms with Crippen LogP contribution < -0.4 is 0 Å². The van der Waals surface area contributed by atoms with Crippen molar-refractivity contribution in [3.05, 3.63) is 29.8 Å². The van der Waals surface area contributed by atoms with Gasteiger partial charge in [-0.25, -0.2) is 0 Å². The number of thioether (sulfide) groups is 1. The molecule has 0 unspecified atom stereocenters. The Hall–Kier alpha value is -1.53. The highest BCUT2D eigenvalue weighted by molar-refractivity contribution is 7.98. The Morgan fingerprint density at radius 1 is 1.28 bits per heavy atom. The number of carbonyl (C=O) groups is 2. The van der Waals surface area contributed by atoms with Crippen molar-refractivity contribution in [2.75, 3.05) is 39.0 Å². The van der Waals surface area contributed by atoms with Gasteiger partial charge in [0.1, 0.15) is 0 Å². The number of β-amino-alcohol motifs (C(OH)–C–C–N with tert-alkyl or cyclic N) is 1. The van der Waals surface area contributed by atoms with Crippen LogP contribution in [0.1, 0.15) is 36.0 Å². The lowest BCUT2D eigenvalue weighted by Gasteiger charge is -2.48. The van der Waals surface area contributed by atoms with Crippen molar-refractivity contribution in [2.45, 2.75) is 30.6 Å². The number of nitrogens with zero attached hydrogens (tertiary/aromatic N) is 2. The molecule has 0 aliphatic carbocycles. The highest BCUT2D eigenvalue weighted by atomic mass is 32.2. The summed E-state index contributed by atoms with van der Waals surface area (Å²) < 4.78 is 0. The zero-order valence-corrected chi connectivity index (χ0v) is 15.6. The molecule has 1 N–H and O–H groups in total. The first kappa shape index (κ1) is 18.3.